The molecule has 0 aliphatic heterocycles. The Balaban J connectivity index is 0.000000641. The van der Waals surface area contributed by atoms with Crippen LogP contribution in [0.5, 0.6) is 5.75 Å². The van der Waals surface area contributed by atoms with Gasteiger partial charge in [-0.25, -0.2) is 13.1 Å². The summed E-state index contributed by atoms with van der Waals surface area (Å²) < 4.78 is 42.0. The number of rotatable bonds is 8. The number of halogens is 1. The quantitative estimate of drug-likeness (QED) is 0.420. The van der Waals surface area contributed by atoms with Gasteiger partial charge in [0.15, 0.2) is 0 Å². The van der Waals surface area contributed by atoms with Gasteiger partial charge in [0.05, 0.1) is 28.2 Å². The smallest absolute Gasteiger partial charge is 0.258 e. The molecule has 0 unspecified atom stereocenters. The molecule has 0 aliphatic rings. The van der Waals surface area contributed by atoms with E-state index in [9.17, 15) is 13.2 Å². The molecule has 0 radical (unpaired) electrons. The van der Waals surface area contributed by atoms with E-state index < -0.39 is 10.0 Å². The molecule has 0 bridgehead atoms. The highest BCUT2D eigenvalue weighted by atomic mass is 35.5. The molecule has 0 atom stereocenters. The molecule has 3 rings (SSSR count). The van der Waals surface area contributed by atoms with E-state index in [1.54, 1.807) is 37.4 Å². The number of carbonyl (C=O) groups is 1. The van der Waals surface area contributed by atoms with E-state index in [4.69, 9.17) is 25.6 Å². The van der Waals surface area contributed by atoms with Gasteiger partial charge in [0.2, 0.25) is 15.8 Å². The number of benzene rings is 2. The average molecular weight is 524 g/mol. The molecule has 0 aliphatic carbocycles. The Morgan fingerprint density at radius 2 is 1.71 bits per heavy atom. The number of methoxy groups -OCH3 is 1. The van der Waals surface area contributed by atoms with Crippen molar-refractivity contribution >= 4 is 27.9 Å². The number of hydrogen-bond acceptors (Lipinski definition) is 8. The summed E-state index contributed by atoms with van der Waals surface area (Å²) in [6, 6.07) is 11.1. The van der Waals surface area contributed by atoms with Crippen molar-refractivity contribution in [2.75, 3.05) is 13.7 Å². The van der Waals surface area contributed by atoms with Crippen LogP contribution in [0, 0.1) is 0 Å². The second-order valence-corrected chi connectivity index (χ2v) is 10.8. The Hall–Kier alpha value is -2.79. The number of ether oxygens (including phenoxy) is 2. The minimum atomic E-state index is -3.75. The molecule has 1 N–H and O–H groups in total. The Morgan fingerprint density at radius 3 is 2.23 bits per heavy atom. The van der Waals surface area contributed by atoms with Crippen LogP contribution in [-0.4, -0.2) is 50.2 Å². The van der Waals surface area contributed by atoms with Crippen LogP contribution in [0.4, 0.5) is 0 Å². The van der Waals surface area contributed by atoms with E-state index in [0.717, 1.165) is 0 Å². The summed E-state index contributed by atoms with van der Waals surface area (Å²) in [6.45, 7) is 9.59. The van der Waals surface area contributed by atoms with E-state index in [2.05, 4.69) is 14.9 Å². The van der Waals surface area contributed by atoms with Crippen LogP contribution < -0.4 is 9.46 Å². The second kappa shape index (κ2) is 12.3. The van der Waals surface area contributed by atoms with E-state index in [0.29, 0.717) is 34.0 Å². The van der Waals surface area contributed by atoms with Crippen LogP contribution in [0.25, 0.3) is 22.8 Å². The zero-order valence-corrected chi connectivity index (χ0v) is 22.1. The fraction of sp³-hybridized carbons (Fsp3) is 0.375. The van der Waals surface area contributed by atoms with E-state index in [1.807, 2.05) is 34.6 Å². The Morgan fingerprint density at radius 1 is 1.11 bits per heavy atom. The molecule has 0 saturated carbocycles. The van der Waals surface area contributed by atoms with Gasteiger partial charge in [-0.15, -0.1) is 0 Å². The monoisotopic (exact) mass is 523 g/mol. The predicted molar refractivity (Wildman–Crippen MR) is 134 cm³/mol. The summed E-state index contributed by atoms with van der Waals surface area (Å²) in [5.41, 5.74) is 1.24. The summed E-state index contributed by atoms with van der Waals surface area (Å²) in [5, 5.41) is 4.38. The Bertz CT molecular complexity index is 1220. The lowest BCUT2D eigenvalue weighted by Crippen LogP contribution is -2.25. The highest BCUT2D eigenvalue weighted by Crippen LogP contribution is 2.31. The molecule has 0 saturated heterocycles. The third kappa shape index (κ3) is 8.74. The van der Waals surface area contributed by atoms with Gasteiger partial charge in [-0.3, -0.25) is 0 Å². The standard InChI is InChI=1S/C19H18ClN3O5S.C5H12O/c1-12(2)27-17-8-5-14(11-16(17)20)18-22-19(28-23-18)13-3-6-15(7-4-13)29(25,26)21-9-10-24;1-5(2,3)6-4/h3-8,10-12,21H,9H2,1-2H3;1-4H3. The molecule has 0 fully saturated rings. The predicted octanol–water partition coefficient (Wildman–Crippen LogP) is 4.75. The first kappa shape index (κ1) is 28.4. The minimum absolute atomic E-state index is 0.00412. The van der Waals surface area contributed by atoms with Crippen LogP contribution in [0.2, 0.25) is 5.02 Å². The maximum absolute atomic E-state index is 12.0. The van der Waals surface area contributed by atoms with Gasteiger partial charge in [-0.2, -0.15) is 4.98 Å². The average Bonchev–Trinajstić information content (AvgIpc) is 3.29. The molecule has 0 amide bonds. The molecule has 1 heterocycles. The molecular formula is C24H30ClN3O6S. The Kier molecular flexibility index (Phi) is 9.96. The van der Waals surface area contributed by atoms with Gasteiger partial charge in [-0.1, -0.05) is 16.8 Å². The van der Waals surface area contributed by atoms with Crippen LogP contribution in [0.15, 0.2) is 51.9 Å². The summed E-state index contributed by atoms with van der Waals surface area (Å²) >= 11 is 6.25. The second-order valence-electron chi connectivity index (χ2n) is 8.59. The molecule has 0 spiro atoms. The Labute approximate surface area is 210 Å². The molecule has 1 aromatic heterocycles. The van der Waals surface area contributed by atoms with Crippen LogP contribution >= 0.6 is 11.6 Å². The van der Waals surface area contributed by atoms with Crippen molar-refractivity contribution in [1.29, 1.82) is 0 Å². The van der Waals surface area contributed by atoms with Gasteiger partial charge in [-0.05, 0) is 77.1 Å². The highest BCUT2D eigenvalue weighted by Gasteiger charge is 2.16. The van der Waals surface area contributed by atoms with Crippen molar-refractivity contribution in [2.45, 2.75) is 51.2 Å². The summed E-state index contributed by atoms with van der Waals surface area (Å²) in [4.78, 5) is 14.7. The number of nitrogens with one attached hydrogen (secondary N) is 1. The van der Waals surface area contributed by atoms with Gasteiger partial charge < -0.3 is 18.8 Å². The van der Waals surface area contributed by atoms with Crippen molar-refractivity contribution in [1.82, 2.24) is 14.9 Å². The number of carbonyl (C=O) groups excluding carboxylic acids is 1. The largest absolute Gasteiger partial charge is 0.489 e. The van der Waals surface area contributed by atoms with E-state index in [-0.39, 0.29) is 29.0 Å². The molecule has 11 heteroatoms. The molecule has 9 nitrogen and oxygen atoms in total. The van der Waals surface area contributed by atoms with E-state index in [1.165, 1.54) is 12.1 Å². The van der Waals surface area contributed by atoms with Crippen LogP contribution in [0.1, 0.15) is 34.6 Å². The maximum atomic E-state index is 12.0. The summed E-state index contributed by atoms with van der Waals surface area (Å²) in [5.74, 6) is 1.12. The first-order valence-electron chi connectivity index (χ1n) is 10.8. The first-order chi connectivity index (χ1) is 16.4. The molecule has 35 heavy (non-hydrogen) atoms. The summed E-state index contributed by atoms with van der Waals surface area (Å²) in [7, 11) is -2.04. The molecule has 3 aromatic rings. The number of aldehydes is 1. The van der Waals surface area contributed by atoms with Crippen LogP contribution in [-0.2, 0) is 19.6 Å². The lowest BCUT2D eigenvalue weighted by molar-refractivity contribution is -0.106. The fourth-order valence-electron chi connectivity index (χ4n) is 2.45. The lowest BCUT2D eigenvalue weighted by Gasteiger charge is -2.14. The minimum Gasteiger partial charge on any atom is -0.489 e. The topological polar surface area (TPSA) is 121 Å². The lowest BCUT2D eigenvalue weighted by atomic mass is 10.2. The first-order valence-corrected chi connectivity index (χ1v) is 12.6. The van der Waals surface area contributed by atoms with Crippen molar-refractivity contribution in [3.8, 4) is 28.6 Å². The van der Waals surface area contributed by atoms with Crippen molar-refractivity contribution in [3.63, 3.8) is 0 Å². The number of sulfonamides is 1. The maximum Gasteiger partial charge on any atom is 0.258 e. The van der Waals surface area contributed by atoms with E-state index >= 15 is 0 Å². The molecular weight excluding hydrogens is 494 g/mol. The third-order valence-electron chi connectivity index (χ3n) is 4.36. The van der Waals surface area contributed by atoms with Crippen molar-refractivity contribution < 1.29 is 27.2 Å². The highest BCUT2D eigenvalue weighted by molar-refractivity contribution is 7.89. The zero-order chi connectivity index (χ0) is 26.2. The van der Waals surface area contributed by atoms with Gasteiger partial charge in [0, 0.05) is 18.2 Å². The summed E-state index contributed by atoms with van der Waals surface area (Å²) in [6.07, 6.45) is 0.468. The van der Waals surface area contributed by atoms with Gasteiger partial charge >= 0.3 is 0 Å². The third-order valence-corrected chi connectivity index (χ3v) is 6.09. The van der Waals surface area contributed by atoms with Crippen LogP contribution in [0.3, 0.4) is 0 Å². The zero-order valence-electron chi connectivity index (χ0n) is 20.5. The molecule has 190 valence electrons. The van der Waals surface area contributed by atoms with Crippen molar-refractivity contribution in [2.24, 2.45) is 0 Å². The number of hydrogen-bond donors (Lipinski definition) is 1. The fourth-order valence-corrected chi connectivity index (χ4v) is 3.62. The normalized spacial score (nSPS) is 11.7. The van der Waals surface area contributed by atoms with Gasteiger partial charge in [0.1, 0.15) is 12.0 Å². The molecule has 2 aromatic carbocycles. The number of aromatic nitrogens is 2. The SMILES string of the molecule is CC(C)Oc1ccc(-c2noc(-c3ccc(S(=O)(=O)NCC=O)cc3)n2)cc1Cl.COC(C)(C)C. The number of nitrogens with zero attached hydrogens (tertiary/aromatic N) is 2. The van der Waals surface area contributed by atoms with Gasteiger partial charge in [0.25, 0.3) is 5.89 Å². The van der Waals surface area contributed by atoms with Crippen molar-refractivity contribution in [3.05, 3.63) is 47.5 Å².